The maximum absolute atomic E-state index is 10.8. The van der Waals surface area contributed by atoms with Crippen LogP contribution >= 0.6 is 0 Å². The van der Waals surface area contributed by atoms with Crippen molar-refractivity contribution in [2.24, 2.45) is 17.3 Å². The van der Waals surface area contributed by atoms with Crippen molar-refractivity contribution in [3.8, 4) is 0 Å². The number of carbonyl (C=O) groups excluding carboxylic acids is 1. The number of esters is 1. The zero-order valence-corrected chi connectivity index (χ0v) is 16.8. The zero-order valence-electron chi connectivity index (χ0n) is 16.8. The molecule has 138 valence electrons. The fourth-order valence-electron chi connectivity index (χ4n) is 3.69. The summed E-state index contributed by atoms with van der Waals surface area (Å²) in [5, 5.41) is 0. The minimum atomic E-state index is -0.135. The number of allylic oxidation sites excluding steroid dienone is 3. The van der Waals surface area contributed by atoms with Crippen molar-refractivity contribution in [2.75, 3.05) is 0 Å². The smallest absolute Gasteiger partial charge is 0.302 e. The van der Waals surface area contributed by atoms with Crippen molar-refractivity contribution in [2.45, 2.75) is 92.6 Å². The molecule has 0 aromatic rings. The molecule has 1 fully saturated rings. The third-order valence-electron chi connectivity index (χ3n) is 5.57. The summed E-state index contributed by atoms with van der Waals surface area (Å²) in [5.41, 5.74) is 3.31. The summed E-state index contributed by atoms with van der Waals surface area (Å²) in [4.78, 5) is 10.8. The molecular weight excluding hydrogens is 296 g/mol. The van der Waals surface area contributed by atoms with Gasteiger partial charge in [-0.2, -0.15) is 0 Å². The molecule has 0 amide bonds. The van der Waals surface area contributed by atoms with Crippen LogP contribution in [0.25, 0.3) is 0 Å². The molecule has 0 N–H and O–H groups in total. The molecule has 2 rings (SSSR count). The Morgan fingerprint density at radius 2 is 1.71 bits per heavy atom. The Bertz CT molecular complexity index is 445. The van der Waals surface area contributed by atoms with Crippen LogP contribution in [0.3, 0.4) is 0 Å². The lowest BCUT2D eigenvalue weighted by atomic mass is 9.72. The molecule has 0 spiro atoms. The lowest BCUT2D eigenvalue weighted by molar-refractivity contribution is -0.148. The van der Waals surface area contributed by atoms with Crippen LogP contribution in [0.2, 0.25) is 0 Å². The van der Waals surface area contributed by atoms with Crippen LogP contribution in [-0.4, -0.2) is 12.1 Å². The van der Waals surface area contributed by atoms with Crippen LogP contribution in [-0.2, 0) is 9.53 Å². The molecule has 0 aromatic carbocycles. The zero-order chi connectivity index (χ0) is 18.3. The number of carbonyl (C=O) groups is 1. The van der Waals surface area contributed by atoms with Gasteiger partial charge in [-0.05, 0) is 76.0 Å². The quantitative estimate of drug-likeness (QED) is 0.427. The van der Waals surface area contributed by atoms with E-state index in [2.05, 4.69) is 47.3 Å². The Kier molecular flexibility index (Phi) is 8.26. The van der Waals surface area contributed by atoms with Crippen LogP contribution in [0.1, 0.15) is 86.5 Å². The molecule has 24 heavy (non-hydrogen) atoms. The normalized spacial score (nSPS) is 27.4. The van der Waals surface area contributed by atoms with Crippen LogP contribution in [0.4, 0.5) is 0 Å². The summed E-state index contributed by atoms with van der Waals surface area (Å²) in [6.07, 6.45) is 10.8. The van der Waals surface area contributed by atoms with Crippen molar-refractivity contribution >= 4 is 5.97 Å². The lowest BCUT2D eigenvalue weighted by Gasteiger charge is -2.36. The Morgan fingerprint density at radius 3 is 2.08 bits per heavy atom. The number of ether oxygens (including phenoxy) is 1. The highest BCUT2D eigenvalue weighted by Gasteiger charge is 2.30. The minimum Gasteiger partial charge on any atom is -0.463 e. The van der Waals surface area contributed by atoms with E-state index in [1.165, 1.54) is 44.6 Å². The minimum absolute atomic E-state index is 0.135. The van der Waals surface area contributed by atoms with E-state index in [4.69, 9.17) is 4.74 Å². The van der Waals surface area contributed by atoms with Crippen molar-refractivity contribution in [3.63, 3.8) is 0 Å². The second-order valence-electron chi connectivity index (χ2n) is 8.82. The maximum atomic E-state index is 10.8. The highest BCUT2D eigenvalue weighted by Crippen LogP contribution is 2.38. The summed E-state index contributed by atoms with van der Waals surface area (Å²) in [5.74, 6) is 1.42. The first-order chi connectivity index (χ1) is 11.1. The van der Waals surface area contributed by atoms with Crippen molar-refractivity contribution in [3.05, 3.63) is 23.8 Å². The molecule has 0 aliphatic heterocycles. The van der Waals surface area contributed by atoms with E-state index in [9.17, 15) is 4.79 Å². The van der Waals surface area contributed by atoms with Crippen molar-refractivity contribution < 1.29 is 9.53 Å². The average molecular weight is 335 g/mol. The van der Waals surface area contributed by atoms with Gasteiger partial charge in [0.15, 0.2) is 0 Å². The van der Waals surface area contributed by atoms with Gasteiger partial charge in [-0.15, -0.1) is 0 Å². The first kappa shape index (κ1) is 21.0. The predicted octanol–water partition coefficient (Wildman–Crippen LogP) is 6.46. The van der Waals surface area contributed by atoms with Gasteiger partial charge in [0.2, 0.25) is 0 Å². The van der Waals surface area contributed by atoms with Crippen molar-refractivity contribution in [1.82, 2.24) is 0 Å². The molecule has 1 saturated carbocycles. The SMILES string of the molecule is C=C(C)[C@H]1CC=C(C)CC1.CC(=O)OC1CCC(C(C)(C)C)CC1. The number of hydrogen-bond donors (Lipinski definition) is 0. The van der Waals surface area contributed by atoms with Crippen molar-refractivity contribution in [1.29, 1.82) is 0 Å². The standard InChI is InChI=1S/C12H22O2.C10H16/c1-9(13)14-11-7-5-10(6-8-11)12(2,3)4;1-8(2)10-6-4-9(3)5-7-10/h10-11H,5-8H2,1-4H3;4,10H,1,5-7H2,2-3H3/t;10-/m.0/s1. The average Bonchev–Trinajstić information content (AvgIpc) is 2.47. The third-order valence-corrected chi connectivity index (χ3v) is 5.57. The summed E-state index contributed by atoms with van der Waals surface area (Å²) >= 11 is 0. The van der Waals surface area contributed by atoms with E-state index < -0.39 is 0 Å². The van der Waals surface area contributed by atoms with Crippen LogP contribution in [0.15, 0.2) is 23.8 Å². The maximum Gasteiger partial charge on any atom is 0.302 e. The van der Waals surface area contributed by atoms with Crippen LogP contribution < -0.4 is 0 Å². The van der Waals surface area contributed by atoms with Gasteiger partial charge in [-0.1, -0.05) is 44.6 Å². The fraction of sp³-hybridized carbons (Fsp3) is 0.773. The monoisotopic (exact) mass is 334 g/mol. The number of rotatable bonds is 2. The van der Waals surface area contributed by atoms with Gasteiger partial charge in [0.25, 0.3) is 0 Å². The lowest BCUT2D eigenvalue weighted by Crippen LogP contribution is -2.29. The molecule has 0 radical (unpaired) electrons. The molecule has 0 heterocycles. The van der Waals surface area contributed by atoms with E-state index in [1.54, 1.807) is 5.57 Å². The van der Waals surface area contributed by atoms with Gasteiger partial charge < -0.3 is 4.74 Å². The molecule has 0 saturated heterocycles. The van der Waals surface area contributed by atoms with Gasteiger partial charge >= 0.3 is 5.97 Å². The van der Waals surface area contributed by atoms with Gasteiger partial charge in [-0.25, -0.2) is 0 Å². The highest BCUT2D eigenvalue weighted by molar-refractivity contribution is 5.66. The van der Waals surface area contributed by atoms with E-state index >= 15 is 0 Å². The highest BCUT2D eigenvalue weighted by atomic mass is 16.5. The molecule has 0 bridgehead atoms. The summed E-state index contributed by atoms with van der Waals surface area (Å²) in [7, 11) is 0. The Hall–Kier alpha value is -1.05. The predicted molar refractivity (Wildman–Crippen MR) is 103 cm³/mol. The van der Waals surface area contributed by atoms with Gasteiger partial charge in [-0.3, -0.25) is 4.79 Å². The molecule has 2 nitrogen and oxygen atoms in total. The first-order valence-corrected chi connectivity index (χ1v) is 9.57. The van der Waals surface area contributed by atoms with E-state index in [-0.39, 0.29) is 12.1 Å². The van der Waals surface area contributed by atoms with Gasteiger partial charge in [0.1, 0.15) is 6.10 Å². The Balaban J connectivity index is 0.000000254. The molecule has 2 aliphatic carbocycles. The molecule has 0 unspecified atom stereocenters. The summed E-state index contributed by atoms with van der Waals surface area (Å²) in [6, 6.07) is 0. The van der Waals surface area contributed by atoms with Crippen LogP contribution in [0.5, 0.6) is 0 Å². The number of hydrogen-bond acceptors (Lipinski definition) is 2. The van der Waals surface area contributed by atoms with E-state index in [0.29, 0.717) is 5.41 Å². The third kappa shape index (κ3) is 7.68. The molecular formula is C22H38O2. The first-order valence-electron chi connectivity index (χ1n) is 9.57. The molecule has 2 aliphatic rings. The Labute approximate surface area is 149 Å². The molecule has 1 atom stereocenters. The largest absolute Gasteiger partial charge is 0.463 e. The molecule has 0 aromatic heterocycles. The van der Waals surface area contributed by atoms with E-state index in [1.807, 2.05) is 0 Å². The topological polar surface area (TPSA) is 26.3 Å². The summed E-state index contributed by atoms with van der Waals surface area (Å²) < 4.78 is 5.21. The van der Waals surface area contributed by atoms with Gasteiger partial charge in [0, 0.05) is 6.92 Å². The Morgan fingerprint density at radius 1 is 1.12 bits per heavy atom. The summed E-state index contributed by atoms with van der Waals surface area (Å²) in [6.45, 7) is 16.7. The van der Waals surface area contributed by atoms with Crippen LogP contribution in [0, 0.1) is 17.3 Å². The van der Waals surface area contributed by atoms with Gasteiger partial charge in [0.05, 0.1) is 0 Å². The second-order valence-corrected chi connectivity index (χ2v) is 8.82. The molecule has 2 heteroatoms. The second kappa shape index (κ2) is 9.44. The van der Waals surface area contributed by atoms with E-state index in [0.717, 1.165) is 24.7 Å². The fourth-order valence-corrected chi connectivity index (χ4v) is 3.69.